The predicted molar refractivity (Wildman–Crippen MR) is 139 cm³/mol. The van der Waals surface area contributed by atoms with Gasteiger partial charge in [-0.3, -0.25) is 4.90 Å². The van der Waals surface area contributed by atoms with E-state index >= 15 is 0 Å². The molecule has 7 heteroatoms. The third kappa shape index (κ3) is 7.42. The quantitative estimate of drug-likeness (QED) is 0.262. The number of nitrogens with zero attached hydrogens (tertiary/aromatic N) is 3. The van der Waals surface area contributed by atoms with E-state index in [1.807, 2.05) is 61.6 Å². The molecule has 1 heterocycles. The maximum absolute atomic E-state index is 10.6. The van der Waals surface area contributed by atoms with Gasteiger partial charge in [0.2, 0.25) is 5.88 Å². The molecule has 3 rings (SSSR count). The van der Waals surface area contributed by atoms with Crippen LogP contribution in [0.15, 0.2) is 67.3 Å². The molecule has 35 heavy (non-hydrogen) atoms. The lowest BCUT2D eigenvalue weighted by molar-refractivity contribution is 0.0222. The molecule has 7 nitrogen and oxygen atoms in total. The molecule has 0 amide bonds. The van der Waals surface area contributed by atoms with Crippen molar-refractivity contribution in [1.82, 2.24) is 14.7 Å². The number of ether oxygens (including phenoxy) is 3. The molecule has 188 valence electrons. The number of aliphatic hydroxyl groups excluding tert-OH is 1. The third-order valence-corrected chi connectivity index (χ3v) is 5.43. The van der Waals surface area contributed by atoms with Crippen molar-refractivity contribution in [2.45, 2.75) is 26.5 Å². The molecule has 1 unspecified atom stereocenters. The van der Waals surface area contributed by atoms with Gasteiger partial charge < -0.3 is 19.3 Å². The van der Waals surface area contributed by atoms with E-state index in [4.69, 9.17) is 19.3 Å². The summed E-state index contributed by atoms with van der Waals surface area (Å²) in [7, 11) is 3.51. The third-order valence-electron chi connectivity index (χ3n) is 5.43. The van der Waals surface area contributed by atoms with Gasteiger partial charge in [-0.05, 0) is 18.1 Å². The highest BCUT2D eigenvalue weighted by Crippen LogP contribution is 2.37. The summed E-state index contributed by atoms with van der Waals surface area (Å²) in [5.41, 5.74) is 2.81. The van der Waals surface area contributed by atoms with Crippen LogP contribution >= 0.6 is 0 Å². The molecule has 0 fully saturated rings. The number of methoxy groups -OCH3 is 1. The van der Waals surface area contributed by atoms with E-state index in [9.17, 15) is 5.11 Å². The highest BCUT2D eigenvalue weighted by atomic mass is 16.5. The Labute approximate surface area is 208 Å². The molecule has 0 aliphatic rings. The first-order valence-electron chi connectivity index (χ1n) is 11.9. The average Bonchev–Trinajstić information content (AvgIpc) is 3.14. The summed E-state index contributed by atoms with van der Waals surface area (Å²) in [6.07, 6.45) is 1.06. The average molecular weight is 480 g/mol. The Balaban J connectivity index is 1.98. The van der Waals surface area contributed by atoms with E-state index in [1.54, 1.807) is 17.9 Å². The molecule has 0 aliphatic heterocycles. The van der Waals surface area contributed by atoms with E-state index in [1.165, 1.54) is 0 Å². The van der Waals surface area contributed by atoms with E-state index in [0.29, 0.717) is 43.0 Å². The van der Waals surface area contributed by atoms with Gasteiger partial charge in [0.1, 0.15) is 5.69 Å². The molecule has 0 saturated heterocycles. The molecule has 0 aliphatic carbocycles. The highest BCUT2D eigenvalue weighted by molar-refractivity contribution is 5.66. The van der Waals surface area contributed by atoms with E-state index in [-0.39, 0.29) is 6.61 Å². The van der Waals surface area contributed by atoms with Gasteiger partial charge in [0.15, 0.2) is 11.5 Å². The van der Waals surface area contributed by atoms with Crippen LogP contribution in [0.3, 0.4) is 0 Å². The van der Waals surface area contributed by atoms with Gasteiger partial charge in [-0.2, -0.15) is 5.10 Å². The van der Waals surface area contributed by atoms with Crippen molar-refractivity contribution in [1.29, 1.82) is 0 Å². The lowest BCUT2D eigenvalue weighted by atomic mass is 10.1. The topological polar surface area (TPSA) is 69.0 Å². The largest absolute Gasteiger partial charge is 0.493 e. The SMILES string of the molecule is C=CCOCC(O)CN(Cc1c(-c2ccccc2)nn(C)c1Oc1ccccc1OC)CC(C)C. The van der Waals surface area contributed by atoms with Gasteiger partial charge in [-0.1, -0.05) is 62.4 Å². The fraction of sp³-hybridized carbons (Fsp3) is 0.393. The van der Waals surface area contributed by atoms with Gasteiger partial charge in [-0.15, -0.1) is 6.58 Å². The fourth-order valence-electron chi connectivity index (χ4n) is 4.04. The summed E-state index contributed by atoms with van der Waals surface area (Å²) >= 11 is 0. The molecule has 0 spiro atoms. The van der Waals surface area contributed by atoms with Crippen molar-refractivity contribution in [3.63, 3.8) is 0 Å². The Bertz CT molecular complexity index is 1070. The van der Waals surface area contributed by atoms with Gasteiger partial charge >= 0.3 is 0 Å². The van der Waals surface area contributed by atoms with Crippen LogP contribution in [0.5, 0.6) is 17.4 Å². The Hall–Kier alpha value is -3.13. The number of aromatic nitrogens is 2. The van der Waals surface area contributed by atoms with E-state index in [2.05, 4.69) is 25.3 Å². The zero-order valence-electron chi connectivity index (χ0n) is 21.2. The number of hydrogen-bond donors (Lipinski definition) is 1. The van der Waals surface area contributed by atoms with Crippen molar-refractivity contribution in [2.24, 2.45) is 13.0 Å². The maximum atomic E-state index is 10.6. The Morgan fingerprint density at radius 1 is 1.06 bits per heavy atom. The molecule has 3 aromatic rings. The predicted octanol–water partition coefficient (Wildman–Crippen LogP) is 4.91. The van der Waals surface area contributed by atoms with Crippen LogP contribution in [0.2, 0.25) is 0 Å². The second-order valence-corrected chi connectivity index (χ2v) is 8.94. The number of aryl methyl sites for hydroxylation is 1. The zero-order valence-corrected chi connectivity index (χ0v) is 21.2. The number of benzene rings is 2. The first-order valence-corrected chi connectivity index (χ1v) is 11.9. The van der Waals surface area contributed by atoms with Gasteiger partial charge in [0.05, 0.1) is 32.0 Å². The first-order chi connectivity index (χ1) is 16.9. The van der Waals surface area contributed by atoms with Crippen LogP contribution in [0.4, 0.5) is 0 Å². The van der Waals surface area contributed by atoms with Crippen LogP contribution in [0.1, 0.15) is 19.4 Å². The zero-order chi connectivity index (χ0) is 25.2. The molecule has 1 aromatic heterocycles. The second-order valence-electron chi connectivity index (χ2n) is 8.94. The Kier molecular flexibility index (Phi) is 9.90. The maximum Gasteiger partial charge on any atom is 0.222 e. The number of para-hydroxylation sites is 2. The van der Waals surface area contributed by atoms with E-state index < -0.39 is 6.10 Å². The Morgan fingerprint density at radius 2 is 1.74 bits per heavy atom. The van der Waals surface area contributed by atoms with E-state index in [0.717, 1.165) is 23.4 Å². The van der Waals surface area contributed by atoms with Crippen molar-refractivity contribution >= 4 is 0 Å². The minimum Gasteiger partial charge on any atom is -0.493 e. The molecular formula is C28H37N3O4. The monoisotopic (exact) mass is 479 g/mol. The molecule has 1 atom stereocenters. The number of aliphatic hydroxyl groups is 1. The molecule has 2 aromatic carbocycles. The molecular weight excluding hydrogens is 442 g/mol. The number of rotatable bonds is 14. The number of hydrogen-bond acceptors (Lipinski definition) is 6. The van der Waals surface area contributed by atoms with Crippen molar-refractivity contribution in [3.8, 4) is 28.6 Å². The van der Waals surface area contributed by atoms with Crippen molar-refractivity contribution in [2.75, 3.05) is 33.4 Å². The lowest BCUT2D eigenvalue weighted by Crippen LogP contribution is -2.37. The standard InChI is InChI=1S/C28H37N3O4/c1-6-16-34-20-23(32)18-31(17-21(2)3)19-24-27(22-12-8-7-9-13-22)29-30(4)28(24)35-26-15-11-10-14-25(26)33-5/h6-15,21,23,32H,1,16-20H2,2-5H3. The summed E-state index contributed by atoms with van der Waals surface area (Å²) in [5, 5.41) is 15.5. The lowest BCUT2D eigenvalue weighted by Gasteiger charge is -2.27. The van der Waals surface area contributed by atoms with Gasteiger partial charge in [-0.25, -0.2) is 4.68 Å². The van der Waals surface area contributed by atoms with Crippen molar-refractivity contribution < 1.29 is 19.3 Å². The van der Waals surface area contributed by atoms with Gasteiger partial charge in [0.25, 0.3) is 0 Å². The van der Waals surface area contributed by atoms with Crippen LogP contribution in [0.25, 0.3) is 11.3 Å². The molecule has 0 radical (unpaired) electrons. The van der Waals surface area contributed by atoms with Crippen molar-refractivity contribution in [3.05, 3.63) is 72.8 Å². The summed E-state index contributed by atoms with van der Waals surface area (Å²) < 4.78 is 19.1. The summed E-state index contributed by atoms with van der Waals surface area (Å²) in [4.78, 5) is 2.23. The minimum absolute atomic E-state index is 0.254. The normalized spacial score (nSPS) is 12.2. The molecule has 0 bridgehead atoms. The Morgan fingerprint density at radius 3 is 2.40 bits per heavy atom. The fourth-order valence-corrected chi connectivity index (χ4v) is 4.04. The van der Waals surface area contributed by atoms with Crippen LogP contribution < -0.4 is 9.47 Å². The van der Waals surface area contributed by atoms with Crippen LogP contribution in [-0.2, 0) is 18.3 Å². The summed E-state index contributed by atoms with van der Waals surface area (Å²) in [5.74, 6) is 2.31. The molecule has 0 saturated carbocycles. The highest BCUT2D eigenvalue weighted by Gasteiger charge is 2.24. The summed E-state index contributed by atoms with van der Waals surface area (Å²) in [6, 6.07) is 17.7. The minimum atomic E-state index is -0.621. The first kappa shape index (κ1) is 26.5. The summed E-state index contributed by atoms with van der Waals surface area (Å²) in [6.45, 7) is 10.5. The van der Waals surface area contributed by atoms with Gasteiger partial charge in [0, 0.05) is 32.2 Å². The van der Waals surface area contributed by atoms with Crippen LogP contribution in [0, 0.1) is 5.92 Å². The smallest absolute Gasteiger partial charge is 0.222 e. The van der Waals surface area contributed by atoms with Crippen LogP contribution in [-0.4, -0.2) is 59.3 Å². The second kappa shape index (κ2) is 13.1. The molecule has 1 N–H and O–H groups in total.